The van der Waals surface area contributed by atoms with Gasteiger partial charge in [-0.2, -0.15) is 5.10 Å². The molecule has 2 aliphatic rings. The van der Waals surface area contributed by atoms with Gasteiger partial charge in [0.15, 0.2) is 23.1 Å². The highest BCUT2D eigenvalue weighted by Crippen LogP contribution is 2.51. The quantitative estimate of drug-likeness (QED) is 0.549. The van der Waals surface area contributed by atoms with Crippen LogP contribution in [-0.4, -0.2) is 30.2 Å². The number of nitrogens with zero attached hydrogens (tertiary/aromatic N) is 1. The summed E-state index contributed by atoms with van der Waals surface area (Å²) in [6.45, 7) is 6.35. The molecule has 1 aliphatic carbocycles. The maximum Gasteiger partial charge on any atom is 0.162 e. The predicted molar refractivity (Wildman–Crippen MR) is 129 cm³/mol. The summed E-state index contributed by atoms with van der Waals surface area (Å²) < 4.78 is 11.1. The molecular formula is C27H29N3O3. The highest BCUT2D eigenvalue weighted by atomic mass is 16.5. The molecule has 0 radical (unpaired) electrons. The smallest absolute Gasteiger partial charge is 0.162 e. The number of aromatic amines is 1. The van der Waals surface area contributed by atoms with E-state index < -0.39 is 0 Å². The van der Waals surface area contributed by atoms with Gasteiger partial charge in [-0.1, -0.05) is 49.7 Å². The van der Waals surface area contributed by atoms with Gasteiger partial charge in [-0.3, -0.25) is 9.89 Å². The molecule has 5 rings (SSSR count). The summed E-state index contributed by atoms with van der Waals surface area (Å²) in [7, 11) is 3.25. The predicted octanol–water partition coefficient (Wildman–Crippen LogP) is 5.60. The van der Waals surface area contributed by atoms with Gasteiger partial charge in [-0.25, -0.2) is 0 Å². The van der Waals surface area contributed by atoms with Crippen LogP contribution in [0.5, 0.6) is 11.5 Å². The average molecular weight is 444 g/mol. The Morgan fingerprint density at radius 2 is 1.73 bits per heavy atom. The summed E-state index contributed by atoms with van der Waals surface area (Å²) in [6, 6.07) is 14.2. The molecule has 33 heavy (non-hydrogen) atoms. The Bertz CT molecular complexity index is 1270. The van der Waals surface area contributed by atoms with Crippen LogP contribution in [0.1, 0.15) is 49.3 Å². The highest BCUT2D eigenvalue weighted by molar-refractivity contribution is 6.02. The van der Waals surface area contributed by atoms with Crippen LogP contribution >= 0.6 is 0 Å². The number of ether oxygens (including phenoxy) is 2. The van der Waals surface area contributed by atoms with Crippen molar-refractivity contribution in [2.24, 2.45) is 5.41 Å². The Hall–Kier alpha value is -3.54. The summed E-state index contributed by atoms with van der Waals surface area (Å²) in [6.07, 6.45) is 1.31. The first-order valence-electron chi connectivity index (χ1n) is 11.2. The van der Waals surface area contributed by atoms with Gasteiger partial charge in [0.25, 0.3) is 0 Å². The standard InChI is InChI=1S/C27H29N3O3/c1-15-6-8-16(9-7-15)25-24-22(17-10-11-20(32-4)21(12-17)33-5)23-18(28-26(24)30-29-25)13-27(2,3)14-19(23)31/h6-12,22H,13-14H2,1-5H3,(H2,28,29,30)/t22-/m1/s1. The summed E-state index contributed by atoms with van der Waals surface area (Å²) in [5.74, 6) is 1.99. The number of allylic oxidation sites excluding steroid dienone is 2. The van der Waals surface area contributed by atoms with Crippen molar-refractivity contribution in [3.05, 3.63) is 70.4 Å². The van der Waals surface area contributed by atoms with Crippen LogP contribution in [0.4, 0.5) is 5.82 Å². The van der Waals surface area contributed by atoms with Crippen LogP contribution in [0.15, 0.2) is 53.7 Å². The van der Waals surface area contributed by atoms with E-state index in [1.165, 1.54) is 5.56 Å². The minimum Gasteiger partial charge on any atom is -0.493 e. The van der Waals surface area contributed by atoms with E-state index in [4.69, 9.17) is 9.47 Å². The summed E-state index contributed by atoms with van der Waals surface area (Å²) in [5, 5.41) is 11.4. The first-order chi connectivity index (χ1) is 15.8. The van der Waals surface area contributed by atoms with Crippen molar-refractivity contribution in [1.82, 2.24) is 10.2 Å². The van der Waals surface area contributed by atoms with Crippen LogP contribution in [0.2, 0.25) is 0 Å². The minimum absolute atomic E-state index is 0.0985. The van der Waals surface area contributed by atoms with Crippen molar-refractivity contribution in [2.75, 3.05) is 19.5 Å². The number of carbonyl (C=O) groups excluding carboxylic acids is 1. The first kappa shape index (κ1) is 21.3. The fourth-order valence-corrected chi connectivity index (χ4v) is 5.10. The Morgan fingerprint density at radius 1 is 1.00 bits per heavy atom. The van der Waals surface area contributed by atoms with Gasteiger partial charge in [0, 0.05) is 29.2 Å². The van der Waals surface area contributed by atoms with E-state index in [9.17, 15) is 4.79 Å². The van der Waals surface area contributed by atoms with Crippen molar-refractivity contribution >= 4 is 11.6 Å². The molecule has 2 N–H and O–H groups in total. The van der Waals surface area contributed by atoms with Crippen molar-refractivity contribution in [3.63, 3.8) is 0 Å². The number of carbonyl (C=O) groups is 1. The summed E-state index contributed by atoms with van der Waals surface area (Å²) in [5.41, 5.74) is 6.79. The number of H-pyrrole nitrogens is 1. The monoisotopic (exact) mass is 443 g/mol. The number of hydrogen-bond donors (Lipinski definition) is 2. The molecule has 0 unspecified atom stereocenters. The van der Waals surface area contributed by atoms with Gasteiger partial charge < -0.3 is 14.8 Å². The third kappa shape index (κ3) is 3.59. The van der Waals surface area contributed by atoms with Gasteiger partial charge >= 0.3 is 0 Å². The van der Waals surface area contributed by atoms with Gasteiger partial charge in [-0.15, -0.1) is 0 Å². The Labute approximate surface area is 194 Å². The topological polar surface area (TPSA) is 76.2 Å². The fourth-order valence-electron chi connectivity index (χ4n) is 5.10. The van der Waals surface area contributed by atoms with Crippen LogP contribution in [-0.2, 0) is 4.79 Å². The molecule has 2 aromatic carbocycles. The lowest BCUT2D eigenvalue weighted by Crippen LogP contribution is -2.33. The number of benzene rings is 2. The zero-order valence-electron chi connectivity index (χ0n) is 19.7. The van der Waals surface area contributed by atoms with E-state index >= 15 is 0 Å². The molecule has 2 heterocycles. The van der Waals surface area contributed by atoms with E-state index in [0.29, 0.717) is 17.9 Å². The van der Waals surface area contributed by atoms with Crippen molar-refractivity contribution in [1.29, 1.82) is 0 Å². The van der Waals surface area contributed by atoms with Crippen LogP contribution in [0.3, 0.4) is 0 Å². The van der Waals surface area contributed by atoms with E-state index in [1.54, 1.807) is 14.2 Å². The molecule has 0 amide bonds. The summed E-state index contributed by atoms with van der Waals surface area (Å²) >= 11 is 0. The van der Waals surface area contributed by atoms with Gasteiger partial charge in [-0.05, 0) is 42.0 Å². The Morgan fingerprint density at radius 3 is 2.42 bits per heavy atom. The van der Waals surface area contributed by atoms with Crippen LogP contribution in [0, 0.1) is 12.3 Å². The van der Waals surface area contributed by atoms with Gasteiger partial charge in [0.2, 0.25) is 0 Å². The number of aromatic nitrogens is 2. The molecule has 0 bridgehead atoms. The summed E-state index contributed by atoms with van der Waals surface area (Å²) in [4.78, 5) is 13.5. The molecule has 0 saturated carbocycles. The minimum atomic E-state index is -0.255. The average Bonchev–Trinajstić information content (AvgIpc) is 3.20. The van der Waals surface area contributed by atoms with Crippen LogP contribution < -0.4 is 14.8 Å². The van der Waals surface area contributed by atoms with Crippen molar-refractivity contribution in [3.8, 4) is 22.8 Å². The van der Waals surface area contributed by atoms with Crippen molar-refractivity contribution in [2.45, 2.75) is 39.5 Å². The second-order valence-corrected chi connectivity index (χ2v) is 9.73. The van der Waals surface area contributed by atoms with Crippen LogP contribution in [0.25, 0.3) is 11.3 Å². The molecule has 3 aromatic rings. The molecule has 1 atom stereocenters. The zero-order valence-corrected chi connectivity index (χ0v) is 19.7. The maximum absolute atomic E-state index is 13.5. The largest absolute Gasteiger partial charge is 0.493 e. The lowest BCUT2D eigenvalue weighted by atomic mass is 9.69. The number of rotatable bonds is 4. The van der Waals surface area contributed by atoms with E-state index in [1.807, 2.05) is 18.2 Å². The second kappa shape index (κ2) is 7.80. The zero-order chi connectivity index (χ0) is 23.3. The number of fused-ring (bicyclic) bond motifs is 1. The highest BCUT2D eigenvalue weighted by Gasteiger charge is 2.43. The molecule has 6 heteroatoms. The third-order valence-electron chi connectivity index (χ3n) is 6.65. The number of nitrogens with one attached hydrogen (secondary N) is 2. The number of ketones is 1. The second-order valence-electron chi connectivity index (χ2n) is 9.73. The number of hydrogen-bond acceptors (Lipinski definition) is 5. The Balaban J connectivity index is 1.74. The lowest BCUT2D eigenvalue weighted by molar-refractivity contribution is -0.118. The maximum atomic E-state index is 13.5. The molecule has 0 fully saturated rings. The molecule has 0 spiro atoms. The Kier molecular flexibility index (Phi) is 5.04. The number of methoxy groups -OCH3 is 2. The van der Waals surface area contributed by atoms with Crippen molar-refractivity contribution < 1.29 is 14.3 Å². The van der Waals surface area contributed by atoms with E-state index in [2.05, 4.69) is 60.6 Å². The van der Waals surface area contributed by atoms with Gasteiger partial charge in [0.1, 0.15) is 0 Å². The molecule has 6 nitrogen and oxygen atoms in total. The fraction of sp³-hybridized carbons (Fsp3) is 0.333. The molecule has 170 valence electrons. The van der Waals surface area contributed by atoms with E-state index in [0.717, 1.165) is 45.9 Å². The SMILES string of the molecule is COc1ccc([C@@H]2C3=C(CC(C)(C)CC3=O)Nc3n[nH]c(-c4ccc(C)cc4)c32)cc1OC. The molecular weight excluding hydrogens is 414 g/mol. The number of anilines is 1. The first-order valence-corrected chi connectivity index (χ1v) is 11.2. The third-order valence-corrected chi connectivity index (χ3v) is 6.65. The normalized spacial score (nSPS) is 18.9. The van der Waals surface area contributed by atoms with Gasteiger partial charge in [0.05, 0.1) is 19.9 Å². The molecule has 0 saturated heterocycles. The number of Topliss-reactive ketones (excluding diaryl/α,β-unsaturated/α-hetero) is 1. The van der Waals surface area contributed by atoms with E-state index in [-0.39, 0.29) is 17.1 Å². The lowest BCUT2D eigenvalue weighted by Gasteiger charge is -2.38. The molecule has 1 aromatic heterocycles. The number of aryl methyl sites for hydroxylation is 1. The molecule has 1 aliphatic heterocycles.